The van der Waals surface area contributed by atoms with Crippen molar-refractivity contribution in [3.8, 4) is 16.9 Å². The highest BCUT2D eigenvalue weighted by Crippen LogP contribution is 2.31. The molecule has 4 aromatic rings. The van der Waals surface area contributed by atoms with Gasteiger partial charge in [0.1, 0.15) is 11.6 Å². The standard InChI is InChI=1S/C24H24IN3OS/c1-29-22-12-11-19(25)15-21(22)18-9-7-17(8-10-18)16-26-13-4-14-27-24-20-5-2-3-6-23(20)30-28-24/h2-3,5-12,15,26H,4,13-14,16H2,1H3,(H,27,28). The SMILES string of the molecule is COc1ccc(I)cc1-c1ccc(CNCCCNc2nsc3ccccc23)cc1. The highest BCUT2D eigenvalue weighted by molar-refractivity contribution is 14.1. The zero-order chi connectivity index (χ0) is 20.8. The number of hydrogen-bond acceptors (Lipinski definition) is 5. The van der Waals surface area contributed by atoms with E-state index in [1.54, 1.807) is 18.6 Å². The second kappa shape index (κ2) is 10.2. The second-order valence-corrected chi connectivity index (χ2v) is 9.08. The lowest BCUT2D eigenvalue weighted by Crippen LogP contribution is -2.17. The average molecular weight is 529 g/mol. The van der Waals surface area contributed by atoms with Gasteiger partial charge in [0.05, 0.1) is 11.8 Å². The van der Waals surface area contributed by atoms with Crippen LogP contribution in [0.3, 0.4) is 0 Å². The third-order valence-corrected chi connectivity index (χ3v) is 6.45. The molecule has 0 aliphatic carbocycles. The van der Waals surface area contributed by atoms with Crippen LogP contribution < -0.4 is 15.4 Å². The highest BCUT2D eigenvalue weighted by Gasteiger charge is 2.07. The summed E-state index contributed by atoms with van der Waals surface area (Å²) < 4.78 is 12.5. The van der Waals surface area contributed by atoms with Crippen molar-refractivity contribution in [3.63, 3.8) is 0 Å². The fraction of sp³-hybridized carbons (Fsp3) is 0.208. The largest absolute Gasteiger partial charge is 0.496 e. The van der Waals surface area contributed by atoms with E-state index in [2.05, 4.69) is 98.3 Å². The van der Waals surface area contributed by atoms with Crippen LogP contribution in [-0.4, -0.2) is 24.6 Å². The van der Waals surface area contributed by atoms with Crippen molar-refractivity contribution < 1.29 is 4.74 Å². The van der Waals surface area contributed by atoms with Crippen LogP contribution in [0, 0.1) is 3.57 Å². The van der Waals surface area contributed by atoms with Crippen LogP contribution in [-0.2, 0) is 6.54 Å². The summed E-state index contributed by atoms with van der Waals surface area (Å²) in [6, 6.07) is 23.3. The molecule has 0 saturated heterocycles. The number of benzene rings is 3. The summed E-state index contributed by atoms with van der Waals surface area (Å²) >= 11 is 3.88. The molecule has 0 fully saturated rings. The summed E-state index contributed by atoms with van der Waals surface area (Å²) in [5, 5.41) is 8.19. The Labute approximate surface area is 195 Å². The smallest absolute Gasteiger partial charge is 0.147 e. The number of fused-ring (bicyclic) bond motifs is 1. The van der Waals surface area contributed by atoms with Gasteiger partial charge in [-0.3, -0.25) is 0 Å². The lowest BCUT2D eigenvalue weighted by atomic mass is 10.0. The van der Waals surface area contributed by atoms with Crippen molar-refractivity contribution in [1.29, 1.82) is 0 Å². The highest BCUT2D eigenvalue weighted by atomic mass is 127. The predicted molar refractivity (Wildman–Crippen MR) is 136 cm³/mol. The fourth-order valence-electron chi connectivity index (χ4n) is 3.37. The van der Waals surface area contributed by atoms with Crippen molar-refractivity contribution in [2.45, 2.75) is 13.0 Å². The number of nitrogens with one attached hydrogen (secondary N) is 2. The first kappa shape index (κ1) is 21.1. The van der Waals surface area contributed by atoms with Gasteiger partial charge in [-0.15, -0.1) is 0 Å². The number of nitrogens with zero attached hydrogens (tertiary/aromatic N) is 1. The normalized spacial score (nSPS) is 11.0. The third-order valence-electron chi connectivity index (χ3n) is 4.96. The molecule has 0 unspecified atom stereocenters. The molecule has 0 radical (unpaired) electrons. The predicted octanol–water partition coefficient (Wildman–Crippen LogP) is 6.17. The monoisotopic (exact) mass is 529 g/mol. The van der Waals surface area contributed by atoms with Gasteiger partial charge >= 0.3 is 0 Å². The van der Waals surface area contributed by atoms with E-state index in [0.29, 0.717) is 0 Å². The number of aromatic nitrogens is 1. The van der Waals surface area contributed by atoms with E-state index in [1.165, 1.54) is 24.8 Å². The zero-order valence-corrected chi connectivity index (χ0v) is 19.8. The zero-order valence-electron chi connectivity index (χ0n) is 16.8. The van der Waals surface area contributed by atoms with Crippen molar-refractivity contribution in [2.24, 2.45) is 0 Å². The van der Waals surface area contributed by atoms with Gasteiger partial charge in [-0.05, 0) is 88.5 Å². The minimum atomic E-state index is 0.864. The lowest BCUT2D eigenvalue weighted by molar-refractivity contribution is 0.416. The maximum absolute atomic E-state index is 5.51. The Balaban J connectivity index is 1.23. The molecule has 0 aliphatic heterocycles. The number of methoxy groups -OCH3 is 1. The Bertz CT molecular complexity index is 1110. The number of ether oxygens (including phenoxy) is 1. The lowest BCUT2D eigenvalue weighted by Gasteiger charge is -2.10. The van der Waals surface area contributed by atoms with Crippen LogP contribution in [0.1, 0.15) is 12.0 Å². The molecule has 0 amide bonds. The summed E-state index contributed by atoms with van der Waals surface area (Å²) in [6.45, 7) is 2.73. The van der Waals surface area contributed by atoms with Gasteiger partial charge in [0.15, 0.2) is 0 Å². The van der Waals surface area contributed by atoms with E-state index in [-0.39, 0.29) is 0 Å². The summed E-state index contributed by atoms with van der Waals surface area (Å²) in [5.41, 5.74) is 3.58. The summed E-state index contributed by atoms with van der Waals surface area (Å²) in [6.07, 6.45) is 1.05. The Hall–Kier alpha value is -2.16. The number of halogens is 1. The van der Waals surface area contributed by atoms with Gasteiger partial charge in [0.25, 0.3) is 0 Å². The van der Waals surface area contributed by atoms with Crippen LogP contribution in [0.25, 0.3) is 21.2 Å². The van der Waals surface area contributed by atoms with Crippen molar-refractivity contribution in [3.05, 3.63) is 75.9 Å². The quantitative estimate of drug-likeness (QED) is 0.201. The van der Waals surface area contributed by atoms with E-state index in [9.17, 15) is 0 Å². The molecular weight excluding hydrogens is 505 g/mol. The van der Waals surface area contributed by atoms with Crippen LogP contribution in [0.5, 0.6) is 5.75 Å². The van der Waals surface area contributed by atoms with Crippen LogP contribution in [0.15, 0.2) is 66.7 Å². The molecule has 2 N–H and O–H groups in total. The molecule has 4 nitrogen and oxygen atoms in total. The summed E-state index contributed by atoms with van der Waals surface area (Å²) in [5.74, 6) is 1.90. The van der Waals surface area contributed by atoms with Gasteiger partial charge < -0.3 is 15.4 Å². The van der Waals surface area contributed by atoms with Crippen LogP contribution >= 0.6 is 34.1 Å². The number of anilines is 1. The van der Waals surface area contributed by atoms with Crippen LogP contribution in [0.4, 0.5) is 5.82 Å². The Morgan fingerprint density at radius 1 is 1.00 bits per heavy atom. The molecule has 0 aliphatic rings. The Kier molecular flexibility index (Phi) is 7.20. The first-order chi connectivity index (χ1) is 14.7. The average Bonchev–Trinajstić information content (AvgIpc) is 3.20. The maximum Gasteiger partial charge on any atom is 0.147 e. The van der Waals surface area contributed by atoms with Crippen molar-refractivity contribution in [2.75, 3.05) is 25.5 Å². The molecule has 1 heterocycles. The molecule has 0 bridgehead atoms. The molecule has 6 heteroatoms. The minimum absolute atomic E-state index is 0.864. The van der Waals surface area contributed by atoms with Crippen LogP contribution in [0.2, 0.25) is 0 Å². The van der Waals surface area contributed by atoms with Gasteiger partial charge in [-0.25, -0.2) is 0 Å². The first-order valence-corrected chi connectivity index (χ1v) is 11.8. The Morgan fingerprint density at radius 2 is 1.83 bits per heavy atom. The molecule has 1 aromatic heterocycles. The van der Waals surface area contributed by atoms with Gasteiger partial charge in [0.2, 0.25) is 0 Å². The third kappa shape index (κ3) is 5.11. The molecule has 30 heavy (non-hydrogen) atoms. The van der Waals surface area contributed by atoms with Crippen molar-refractivity contribution >= 4 is 50.0 Å². The van der Waals surface area contributed by atoms with E-state index >= 15 is 0 Å². The molecule has 0 atom stereocenters. The van der Waals surface area contributed by atoms with E-state index in [4.69, 9.17) is 4.74 Å². The Morgan fingerprint density at radius 3 is 2.67 bits per heavy atom. The van der Waals surface area contributed by atoms with Gasteiger partial charge in [0, 0.05) is 27.6 Å². The number of hydrogen-bond donors (Lipinski definition) is 2. The van der Waals surface area contributed by atoms with E-state index < -0.39 is 0 Å². The summed E-state index contributed by atoms with van der Waals surface area (Å²) in [4.78, 5) is 0. The van der Waals surface area contributed by atoms with Crippen molar-refractivity contribution in [1.82, 2.24) is 9.69 Å². The molecular formula is C24H24IN3OS. The topological polar surface area (TPSA) is 46.2 Å². The van der Waals surface area contributed by atoms with Gasteiger partial charge in [-0.2, -0.15) is 4.37 Å². The maximum atomic E-state index is 5.51. The number of rotatable bonds is 9. The minimum Gasteiger partial charge on any atom is -0.496 e. The van der Waals surface area contributed by atoms with E-state index in [1.807, 2.05) is 6.07 Å². The molecule has 0 saturated carbocycles. The first-order valence-electron chi connectivity index (χ1n) is 9.96. The summed E-state index contributed by atoms with van der Waals surface area (Å²) in [7, 11) is 1.72. The van der Waals surface area contributed by atoms with Gasteiger partial charge in [-0.1, -0.05) is 36.4 Å². The molecule has 0 spiro atoms. The fourth-order valence-corrected chi connectivity index (χ4v) is 4.62. The molecule has 3 aromatic carbocycles. The molecule has 4 rings (SSSR count). The van der Waals surface area contributed by atoms with E-state index in [0.717, 1.165) is 43.2 Å². The molecule has 154 valence electrons. The second-order valence-electron chi connectivity index (χ2n) is 7.03.